The molecule has 0 bridgehead atoms. The molecule has 1 heterocycles. The molecule has 1 aliphatic heterocycles. The van der Waals surface area contributed by atoms with Crippen molar-refractivity contribution in [3.8, 4) is 0 Å². The molecule has 0 radical (unpaired) electrons. The summed E-state index contributed by atoms with van der Waals surface area (Å²) in [5.74, 6) is 0.129. The van der Waals surface area contributed by atoms with Gasteiger partial charge in [-0.25, -0.2) is 0 Å². The smallest absolute Gasteiger partial charge is 0.237 e. The number of hydrogen-bond acceptors (Lipinski definition) is 2. The molecule has 0 saturated carbocycles. The maximum atomic E-state index is 12.3. The van der Waals surface area contributed by atoms with Crippen LogP contribution < -0.4 is 10.6 Å². The molecular weight excluding hydrogens is 284 g/mol. The molecule has 2 N–H and O–H groups in total. The Morgan fingerprint density at radius 3 is 2.35 bits per heavy atom. The minimum Gasteiger partial charge on any atom is -0.348 e. The molecule has 120 valence electrons. The summed E-state index contributed by atoms with van der Waals surface area (Å²) in [6.45, 7) is 0.878. The van der Waals surface area contributed by atoms with Gasteiger partial charge in [-0.15, -0.1) is 0 Å². The Labute approximate surface area is 138 Å². The summed E-state index contributed by atoms with van der Waals surface area (Å²) >= 11 is 0. The van der Waals surface area contributed by atoms with E-state index in [1.807, 2.05) is 24.3 Å². The van der Waals surface area contributed by atoms with E-state index < -0.39 is 0 Å². The SMILES string of the molecule is O=C1NC(c2ccccc2)CCC1NCCCc1ccccc1. The van der Waals surface area contributed by atoms with E-state index in [-0.39, 0.29) is 18.0 Å². The van der Waals surface area contributed by atoms with Crippen molar-refractivity contribution in [1.82, 2.24) is 10.6 Å². The van der Waals surface area contributed by atoms with E-state index in [1.165, 1.54) is 11.1 Å². The van der Waals surface area contributed by atoms with Crippen LogP contribution in [0.1, 0.15) is 36.4 Å². The Hall–Kier alpha value is -2.13. The van der Waals surface area contributed by atoms with Crippen LogP contribution in [0, 0.1) is 0 Å². The Morgan fingerprint density at radius 1 is 0.957 bits per heavy atom. The molecule has 0 aromatic heterocycles. The molecule has 1 amide bonds. The third-order valence-electron chi connectivity index (χ3n) is 4.45. The summed E-state index contributed by atoms with van der Waals surface area (Å²) in [6.07, 6.45) is 3.99. The summed E-state index contributed by atoms with van der Waals surface area (Å²) in [6, 6.07) is 20.8. The van der Waals surface area contributed by atoms with Crippen molar-refractivity contribution in [2.45, 2.75) is 37.8 Å². The fourth-order valence-corrected chi connectivity index (χ4v) is 3.15. The molecule has 0 aliphatic carbocycles. The van der Waals surface area contributed by atoms with Gasteiger partial charge >= 0.3 is 0 Å². The fraction of sp³-hybridized carbons (Fsp3) is 0.350. The van der Waals surface area contributed by atoms with Gasteiger partial charge in [0.2, 0.25) is 5.91 Å². The molecule has 2 atom stereocenters. The van der Waals surface area contributed by atoms with Gasteiger partial charge < -0.3 is 10.6 Å². The Bertz CT molecular complexity index is 612. The number of carbonyl (C=O) groups is 1. The van der Waals surface area contributed by atoms with Crippen molar-refractivity contribution in [2.75, 3.05) is 6.54 Å². The molecule has 3 heteroatoms. The first-order chi connectivity index (χ1) is 11.3. The Balaban J connectivity index is 1.41. The van der Waals surface area contributed by atoms with Crippen molar-refractivity contribution in [1.29, 1.82) is 0 Å². The fourth-order valence-electron chi connectivity index (χ4n) is 3.15. The molecule has 1 saturated heterocycles. The van der Waals surface area contributed by atoms with E-state index in [2.05, 4.69) is 47.0 Å². The van der Waals surface area contributed by atoms with Gasteiger partial charge in [0.25, 0.3) is 0 Å². The second-order valence-electron chi connectivity index (χ2n) is 6.15. The highest BCUT2D eigenvalue weighted by Crippen LogP contribution is 2.23. The van der Waals surface area contributed by atoms with Crippen molar-refractivity contribution in [3.05, 3.63) is 71.8 Å². The van der Waals surface area contributed by atoms with Crippen molar-refractivity contribution < 1.29 is 4.79 Å². The van der Waals surface area contributed by atoms with E-state index in [4.69, 9.17) is 0 Å². The van der Waals surface area contributed by atoms with Crippen molar-refractivity contribution in [2.24, 2.45) is 0 Å². The van der Waals surface area contributed by atoms with E-state index >= 15 is 0 Å². The average molecular weight is 308 g/mol. The van der Waals surface area contributed by atoms with Crippen molar-refractivity contribution in [3.63, 3.8) is 0 Å². The number of piperidine rings is 1. The summed E-state index contributed by atoms with van der Waals surface area (Å²) in [5, 5.41) is 6.54. The van der Waals surface area contributed by atoms with Crippen LogP contribution in [-0.4, -0.2) is 18.5 Å². The predicted molar refractivity (Wildman–Crippen MR) is 93.1 cm³/mol. The predicted octanol–water partition coefficient (Wildman–Crippen LogP) is 3.23. The zero-order valence-corrected chi connectivity index (χ0v) is 13.4. The Kier molecular flexibility index (Phi) is 5.43. The van der Waals surface area contributed by atoms with Gasteiger partial charge in [0.15, 0.2) is 0 Å². The van der Waals surface area contributed by atoms with Gasteiger partial charge in [0, 0.05) is 0 Å². The zero-order valence-electron chi connectivity index (χ0n) is 13.4. The van der Waals surface area contributed by atoms with Gasteiger partial charge in [-0.05, 0) is 43.4 Å². The topological polar surface area (TPSA) is 41.1 Å². The van der Waals surface area contributed by atoms with Gasteiger partial charge in [-0.2, -0.15) is 0 Å². The highest BCUT2D eigenvalue weighted by atomic mass is 16.2. The molecule has 1 aliphatic rings. The molecule has 3 rings (SSSR count). The number of benzene rings is 2. The second-order valence-corrected chi connectivity index (χ2v) is 6.15. The van der Waals surface area contributed by atoms with Crippen LogP contribution in [0.2, 0.25) is 0 Å². The molecule has 0 spiro atoms. The standard InChI is InChI=1S/C20H24N2O/c23-20-19(21-15-7-10-16-8-3-1-4-9-16)14-13-18(22-20)17-11-5-2-6-12-17/h1-6,8-9,11-12,18-19,21H,7,10,13-15H2,(H,22,23). The number of rotatable bonds is 6. The molecule has 2 aromatic rings. The average Bonchev–Trinajstić information content (AvgIpc) is 2.61. The van der Waals surface area contributed by atoms with Crippen LogP contribution in [-0.2, 0) is 11.2 Å². The first-order valence-corrected chi connectivity index (χ1v) is 8.45. The van der Waals surface area contributed by atoms with E-state index in [0.29, 0.717) is 0 Å². The number of aryl methyl sites for hydroxylation is 1. The Morgan fingerprint density at radius 2 is 1.65 bits per heavy atom. The molecule has 23 heavy (non-hydrogen) atoms. The molecule has 2 aromatic carbocycles. The molecule has 1 fully saturated rings. The van der Waals surface area contributed by atoms with Crippen LogP contribution in [0.5, 0.6) is 0 Å². The van der Waals surface area contributed by atoms with E-state index in [9.17, 15) is 4.79 Å². The molecule has 3 nitrogen and oxygen atoms in total. The molecular formula is C20H24N2O. The first kappa shape index (κ1) is 15.8. The first-order valence-electron chi connectivity index (χ1n) is 8.45. The number of hydrogen-bond donors (Lipinski definition) is 2. The van der Waals surface area contributed by atoms with E-state index in [0.717, 1.165) is 32.2 Å². The normalized spacial score (nSPS) is 21.0. The lowest BCUT2D eigenvalue weighted by atomic mass is 9.94. The summed E-state index contributed by atoms with van der Waals surface area (Å²) in [4.78, 5) is 12.3. The van der Waals surface area contributed by atoms with Crippen LogP contribution in [0.4, 0.5) is 0 Å². The van der Waals surface area contributed by atoms with Crippen LogP contribution >= 0.6 is 0 Å². The highest BCUT2D eigenvalue weighted by molar-refractivity contribution is 5.83. The minimum absolute atomic E-state index is 0.0502. The number of nitrogens with one attached hydrogen (secondary N) is 2. The maximum absolute atomic E-state index is 12.3. The molecule has 2 unspecified atom stereocenters. The monoisotopic (exact) mass is 308 g/mol. The lowest BCUT2D eigenvalue weighted by Gasteiger charge is -2.30. The summed E-state index contributed by atoms with van der Waals surface area (Å²) in [7, 11) is 0. The van der Waals surface area contributed by atoms with Crippen molar-refractivity contribution >= 4 is 5.91 Å². The van der Waals surface area contributed by atoms with Crippen LogP contribution in [0.3, 0.4) is 0 Å². The quantitative estimate of drug-likeness (QED) is 0.805. The largest absolute Gasteiger partial charge is 0.348 e. The third kappa shape index (κ3) is 4.42. The summed E-state index contributed by atoms with van der Waals surface area (Å²) in [5.41, 5.74) is 2.55. The summed E-state index contributed by atoms with van der Waals surface area (Å²) < 4.78 is 0. The lowest BCUT2D eigenvalue weighted by Crippen LogP contribution is -2.49. The van der Waals surface area contributed by atoms with Gasteiger partial charge in [-0.3, -0.25) is 4.79 Å². The van der Waals surface area contributed by atoms with Gasteiger partial charge in [0.1, 0.15) is 0 Å². The van der Waals surface area contributed by atoms with Gasteiger partial charge in [-0.1, -0.05) is 60.7 Å². The number of amides is 1. The third-order valence-corrected chi connectivity index (χ3v) is 4.45. The highest BCUT2D eigenvalue weighted by Gasteiger charge is 2.27. The number of carbonyl (C=O) groups excluding carboxylic acids is 1. The maximum Gasteiger partial charge on any atom is 0.237 e. The van der Waals surface area contributed by atoms with E-state index in [1.54, 1.807) is 0 Å². The second kappa shape index (κ2) is 7.93. The van der Waals surface area contributed by atoms with Crippen LogP contribution in [0.15, 0.2) is 60.7 Å². The minimum atomic E-state index is -0.0502. The van der Waals surface area contributed by atoms with Gasteiger partial charge in [0.05, 0.1) is 12.1 Å². The zero-order chi connectivity index (χ0) is 15.9. The van der Waals surface area contributed by atoms with Crippen LogP contribution in [0.25, 0.3) is 0 Å². The lowest BCUT2D eigenvalue weighted by molar-refractivity contribution is -0.125.